The van der Waals surface area contributed by atoms with Crippen molar-refractivity contribution in [2.24, 2.45) is 0 Å². The number of aromatic nitrogens is 2. The molecule has 2 aromatic heterocycles. The molecule has 0 bridgehead atoms. The van der Waals surface area contributed by atoms with Crippen molar-refractivity contribution < 1.29 is 4.42 Å². The topological polar surface area (TPSA) is 38.9 Å². The minimum Gasteiger partial charge on any atom is -0.456 e. The van der Waals surface area contributed by atoms with Gasteiger partial charge in [0.25, 0.3) is 0 Å². The second kappa shape index (κ2) is 8.48. The van der Waals surface area contributed by atoms with E-state index in [9.17, 15) is 0 Å². The number of fused-ring (bicyclic) bond motifs is 10. The van der Waals surface area contributed by atoms with Gasteiger partial charge in [-0.2, -0.15) is 0 Å². The number of benzene rings is 7. The molecule has 0 aliphatic rings. The molecule has 0 aliphatic heterocycles. The van der Waals surface area contributed by atoms with Crippen LogP contribution in [0.15, 0.2) is 138 Å². The zero-order chi connectivity index (χ0) is 26.9. The second-order valence-electron chi connectivity index (χ2n) is 10.6. The van der Waals surface area contributed by atoms with Gasteiger partial charge in [0.2, 0.25) is 0 Å². The van der Waals surface area contributed by atoms with Crippen molar-refractivity contribution in [3.8, 4) is 22.4 Å². The summed E-state index contributed by atoms with van der Waals surface area (Å²) in [5.74, 6) is 0. The van der Waals surface area contributed by atoms with E-state index in [0.717, 1.165) is 66.1 Å². The van der Waals surface area contributed by atoms with Crippen LogP contribution in [0.1, 0.15) is 0 Å². The summed E-state index contributed by atoms with van der Waals surface area (Å²) in [7, 11) is 0. The lowest BCUT2D eigenvalue weighted by Crippen LogP contribution is -1.92. The van der Waals surface area contributed by atoms with Crippen LogP contribution >= 0.6 is 0 Å². The molecule has 9 rings (SSSR count). The van der Waals surface area contributed by atoms with E-state index in [0.29, 0.717) is 0 Å². The van der Waals surface area contributed by atoms with Gasteiger partial charge < -0.3 is 4.42 Å². The Labute approximate surface area is 235 Å². The second-order valence-corrected chi connectivity index (χ2v) is 10.6. The van der Waals surface area contributed by atoms with Crippen molar-refractivity contribution in [3.05, 3.63) is 134 Å². The first-order valence-corrected chi connectivity index (χ1v) is 13.8. The zero-order valence-electron chi connectivity index (χ0n) is 22.0. The Bertz CT molecular complexity index is 2450. The van der Waals surface area contributed by atoms with Gasteiger partial charge >= 0.3 is 0 Å². The minimum absolute atomic E-state index is 0.856. The van der Waals surface area contributed by atoms with Crippen molar-refractivity contribution in [1.29, 1.82) is 0 Å². The van der Waals surface area contributed by atoms with Gasteiger partial charge in [-0.1, -0.05) is 103 Å². The fourth-order valence-corrected chi connectivity index (χ4v) is 6.36. The van der Waals surface area contributed by atoms with Crippen molar-refractivity contribution >= 4 is 65.3 Å². The van der Waals surface area contributed by atoms with Gasteiger partial charge in [-0.25, -0.2) is 4.98 Å². The van der Waals surface area contributed by atoms with Crippen molar-refractivity contribution in [1.82, 2.24) is 9.97 Å². The first kappa shape index (κ1) is 22.3. The molecule has 0 saturated carbocycles. The molecule has 41 heavy (non-hydrogen) atoms. The summed E-state index contributed by atoms with van der Waals surface area (Å²) in [5, 5.41) is 9.29. The molecular weight excluding hydrogens is 500 g/mol. The highest BCUT2D eigenvalue weighted by atomic mass is 16.3. The number of nitrogens with zero attached hydrogens (tertiary/aromatic N) is 2. The Morgan fingerprint density at radius 2 is 1.12 bits per heavy atom. The maximum Gasteiger partial charge on any atom is 0.136 e. The van der Waals surface area contributed by atoms with Crippen LogP contribution in [0.25, 0.3) is 87.7 Å². The van der Waals surface area contributed by atoms with Crippen LogP contribution in [0.5, 0.6) is 0 Å². The monoisotopic (exact) mass is 522 g/mol. The lowest BCUT2D eigenvalue weighted by atomic mass is 9.96. The first-order valence-electron chi connectivity index (χ1n) is 13.8. The largest absolute Gasteiger partial charge is 0.456 e. The molecule has 0 aliphatic carbocycles. The lowest BCUT2D eigenvalue weighted by molar-refractivity contribution is 0.669. The van der Waals surface area contributed by atoms with E-state index in [-0.39, 0.29) is 0 Å². The van der Waals surface area contributed by atoms with Gasteiger partial charge in [-0.05, 0) is 56.9 Å². The lowest BCUT2D eigenvalue weighted by Gasteiger charge is -2.11. The van der Waals surface area contributed by atoms with Crippen LogP contribution in [0.2, 0.25) is 0 Å². The van der Waals surface area contributed by atoms with Gasteiger partial charge in [-0.3, -0.25) is 4.98 Å². The molecule has 2 heterocycles. The first-order chi connectivity index (χ1) is 20.3. The summed E-state index contributed by atoms with van der Waals surface area (Å²) in [4.78, 5) is 10.2. The highest BCUT2D eigenvalue weighted by Crippen LogP contribution is 2.39. The van der Waals surface area contributed by atoms with Gasteiger partial charge in [0.1, 0.15) is 11.2 Å². The van der Waals surface area contributed by atoms with Crippen LogP contribution in [-0.4, -0.2) is 9.97 Å². The Hall–Kier alpha value is -5.54. The fourth-order valence-electron chi connectivity index (χ4n) is 6.36. The number of hydrogen-bond acceptors (Lipinski definition) is 3. The molecule has 0 saturated heterocycles. The predicted molar refractivity (Wildman–Crippen MR) is 170 cm³/mol. The molecule has 7 aromatic carbocycles. The molecule has 0 N–H and O–H groups in total. The minimum atomic E-state index is 0.856. The third kappa shape index (κ3) is 3.33. The quantitative estimate of drug-likeness (QED) is 0.212. The van der Waals surface area contributed by atoms with Gasteiger partial charge in [-0.15, -0.1) is 0 Å². The van der Waals surface area contributed by atoms with Gasteiger partial charge in [0, 0.05) is 27.1 Å². The van der Waals surface area contributed by atoms with E-state index in [1.54, 1.807) is 0 Å². The molecule has 0 atom stereocenters. The predicted octanol–water partition coefficient (Wildman–Crippen LogP) is 10.3. The summed E-state index contributed by atoms with van der Waals surface area (Å²) < 4.78 is 6.34. The van der Waals surface area contributed by atoms with Crippen LogP contribution < -0.4 is 0 Å². The van der Waals surface area contributed by atoms with Crippen LogP contribution in [0.4, 0.5) is 0 Å². The third-order valence-corrected chi connectivity index (χ3v) is 8.26. The maximum atomic E-state index is 6.34. The van der Waals surface area contributed by atoms with Crippen molar-refractivity contribution in [3.63, 3.8) is 0 Å². The van der Waals surface area contributed by atoms with E-state index in [1.807, 2.05) is 6.20 Å². The van der Waals surface area contributed by atoms with Crippen molar-refractivity contribution in [2.75, 3.05) is 0 Å². The SMILES string of the molecule is c1cc(-c2cnc3c4ccccc4c4ccccc4c3n2)cc(-c2cccc3oc4cc5ccccc5cc4c23)c1. The third-order valence-electron chi connectivity index (χ3n) is 8.26. The summed E-state index contributed by atoms with van der Waals surface area (Å²) in [5.41, 5.74) is 7.80. The summed E-state index contributed by atoms with van der Waals surface area (Å²) in [6.07, 6.45) is 1.91. The highest BCUT2D eigenvalue weighted by molar-refractivity contribution is 6.23. The van der Waals surface area contributed by atoms with Crippen LogP contribution in [-0.2, 0) is 0 Å². The molecule has 0 unspecified atom stereocenters. The zero-order valence-corrected chi connectivity index (χ0v) is 22.0. The fraction of sp³-hybridized carbons (Fsp3) is 0. The molecule has 3 heteroatoms. The van der Waals surface area contributed by atoms with Crippen LogP contribution in [0.3, 0.4) is 0 Å². The van der Waals surface area contributed by atoms with Crippen LogP contribution in [0, 0.1) is 0 Å². The molecule has 0 radical (unpaired) electrons. The van der Waals surface area contributed by atoms with Gasteiger partial charge in [0.05, 0.1) is 22.9 Å². The Morgan fingerprint density at radius 3 is 1.93 bits per heavy atom. The number of furan rings is 1. The molecule has 9 aromatic rings. The van der Waals surface area contributed by atoms with E-state index in [4.69, 9.17) is 14.4 Å². The molecule has 190 valence electrons. The van der Waals surface area contributed by atoms with Crippen molar-refractivity contribution in [2.45, 2.75) is 0 Å². The summed E-state index contributed by atoms with van der Waals surface area (Å²) in [6.45, 7) is 0. The molecule has 3 nitrogen and oxygen atoms in total. The van der Waals surface area contributed by atoms with E-state index in [2.05, 4.69) is 127 Å². The Morgan fingerprint density at radius 1 is 0.463 bits per heavy atom. The number of hydrogen-bond donors (Lipinski definition) is 0. The van der Waals surface area contributed by atoms with E-state index >= 15 is 0 Å². The average molecular weight is 523 g/mol. The smallest absolute Gasteiger partial charge is 0.136 e. The molecule has 0 spiro atoms. The molecule has 0 fully saturated rings. The Kier molecular flexibility index (Phi) is 4.61. The maximum absolute atomic E-state index is 6.34. The average Bonchev–Trinajstić information content (AvgIpc) is 3.41. The highest BCUT2D eigenvalue weighted by Gasteiger charge is 2.15. The van der Waals surface area contributed by atoms with Gasteiger partial charge in [0.15, 0.2) is 0 Å². The summed E-state index contributed by atoms with van der Waals surface area (Å²) >= 11 is 0. The Balaban J connectivity index is 1.26. The summed E-state index contributed by atoms with van der Waals surface area (Å²) in [6, 6.07) is 44.6. The van der Waals surface area contributed by atoms with E-state index in [1.165, 1.54) is 21.5 Å². The van der Waals surface area contributed by atoms with E-state index < -0.39 is 0 Å². The molecule has 0 amide bonds. The normalized spacial score (nSPS) is 11.9. The number of rotatable bonds is 2. The standard InChI is InChI=1S/C38H22N2O/c1-2-10-24-21-35-32(20-23(24)9-1)36-27(17-8-18-34(36)41-35)25-11-7-12-26(19-25)33-22-39-37-30-15-5-3-13-28(30)29-14-4-6-16-31(29)38(37)40-33/h1-22H. The molecular formula is C38H22N2O.